The molecule has 0 saturated heterocycles. The predicted molar refractivity (Wildman–Crippen MR) is 94.1 cm³/mol. The van der Waals surface area contributed by atoms with Crippen molar-refractivity contribution < 1.29 is 4.74 Å². The lowest BCUT2D eigenvalue weighted by Crippen LogP contribution is -2.09. The Balaban J connectivity index is 1.78. The first-order valence-corrected chi connectivity index (χ1v) is 9.40. The molecular formula is C19H36N2O. The first-order valence-electron chi connectivity index (χ1n) is 9.40. The van der Waals surface area contributed by atoms with Crippen molar-refractivity contribution in [2.24, 2.45) is 0 Å². The molecule has 0 saturated carbocycles. The van der Waals surface area contributed by atoms with Crippen LogP contribution in [0.25, 0.3) is 0 Å². The number of aromatic nitrogens is 2. The number of imidazole rings is 1. The number of aryl methyl sites for hydroxylation is 1. The SMILES string of the molecule is CCCCCCOC(C)CCCCCCCCn1ccnc1. The van der Waals surface area contributed by atoms with Gasteiger partial charge in [0.05, 0.1) is 12.4 Å². The van der Waals surface area contributed by atoms with Gasteiger partial charge in [-0.15, -0.1) is 0 Å². The van der Waals surface area contributed by atoms with Gasteiger partial charge in [0, 0.05) is 25.5 Å². The molecule has 128 valence electrons. The van der Waals surface area contributed by atoms with E-state index in [1.54, 1.807) is 0 Å². The fraction of sp³-hybridized carbons (Fsp3) is 0.842. The van der Waals surface area contributed by atoms with E-state index in [0.29, 0.717) is 6.10 Å². The normalized spacial score (nSPS) is 12.6. The lowest BCUT2D eigenvalue weighted by atomic mass is 10.1. The molecule has 22 heavy (non-hydrogen) atoms. The second-order valence-corrected chi connectivity index (χ2v) is 6.45. The number of hydrogen-bond acceptors (Lipinski definition) is 2. The fourth-order valence-electron chi connectivity index (χ4n) is 2.75. The highest BCUT2D eigenvalue weighted by atomic mass is 16.5. The number of ether oxygens (including phenoxy) is 1. The van der Waals surface area contributed by atoms with Crippen LogP contribution in [-0.2, 0) is 11.3 Å². The third-order valence-corrected chi connectivity index (χ3v) is 4.24. The van der Waals surface area contributed by atoms with Crippen molar-refractivity contribution in [3.63, 3.8) is 0 Å². The van der Waals surface area contributed by atoms with Gasteiger partial charge in [-0.2, -0.15) is 0 Å². The Morgan fingerprint density at radius 3 is 2.41 bits per heavy atom. The van der Waals surface area contributed by atoms with E-state index in [0.717, 1.165) is 13.2 Å². The van der Waals surface area contributed by atoms with Crippen molar-refractivity contribution in [1.29, 1.82) is 0 Å². The summed E-state index contributed by atoms with van der Waals surface area (Å²) in [7, 11) is 0. The summed E-state index contributed by atoms with van der Waals surface area (Å²) in [6.07, 6.45) is 20.7. The highest BCUT2D eigenvalue weighted by Gasteiger charge is 2.01. The molecule has 0 aliphatic heterocycles. The minimum absolute atomic E-state index is 0.447. The van der Waals surface area contributed by atoms with Crippen LogP contribution in [0.1, 0.15) is 84.5 Å². The maximum atomic E-state index is 5.87. The Bertz CT molecular complexity index is 324. The molecule has 0 amide bonds. The highest BCUT2D eigenvalue weighted by Crippen LogP contribution is 2.11. The maximum Gasteiger partial charge on any atom is 0.0945 e. The lowest BCUT2D eigenvalue weighted by Gasteiger charge is -2.12. The molecule has 0 aliphatic rings. The molecule has 1 aromatic heterocycles. The van der Waals surface area contributed by atoms with E-state index in [1.165, 1.54) is 70.6 Å². The Hall–Kier alpha value is -0.830. The van der Waals surface area contributed by atoms with E-state index in [4.69, 9.17) is 4.74 Å². The third-order valence-electron chi connectivity index (χ3n) is 4.24. The quantitative estimate of drug-likeness (QED) is 0.394. The molecule has 0 aromatic carbocycles. The molecule has 3 nitrogen and oxygen atoms in total. The van der Waals surface area contributed by atoms with Gasteiger partial charge in [0.15, 0.2) is 0 Å². The van der Waals surface area contributed by atoms with E-state index in [1.807, 2.05) is 18.7 Å². The average Bonchev–Trinajstić information content (AvgIpc) is 3.03. The summed E-state index contributed by atoms with van der Waals surface area (Å²) >= 11 is 0. The van der Waals surface area contributed by atoms with E-state index in [2.05, 4.69) is 23.4 Å². The molecule has 1 atom stereocenters. The van der Waals surface area contributed by atoms with Crippen molar-refractivity contribution >= 4 is 0 Å². The van der Waals surface area contributed by atoms with Gasteiger partial charge in [-0.05, 0) is 26.2 Å². The summed E-state index contributed by atoms with van der Waals surface area (Å²) in [6, 6.07) is 0. The number of unbranched alkanes of at least 4 members (excludes halogenated alkanes) is 8. The molecule has 1 aromatic rings. The zero-order valence-corrected chi connectivity index (χ0v) is 14.8. The van der Waals surface area contributed by atoms with E-state index in [9.17, 15) is 0 Å². The molecule has 1 heterocycles. The molecule has 0 radical (unpaired) electrons. The van der Waals surface area contributed by atoms with Crippen molar-refractivity contribution in [1.82, 2.24) is 9.55 Å². The summed E-state index contributed by atoms with van der Waals surface area (Å²) in [6.45, 7) is 6.55. The van der Waals surface area contributed by atoms with Gasteiger partial charge in [-0.1, -0.05) is 58.3 Å². The minimum Gasteiger partial charge on any atom is -0.379 e. The number of rotatable bonds is 15. The van der Waals surface area contributed by atoms with Gasteiger partial charge in [0.1, 0.15) is 0 Å². The first kappa shape index (κ1) is 19.2. The Morgan fingerprint density at radius 2 is 1.68 bits per heavy atom. The van der Waals surface area contributed by atoms with Crippen molar-refractivity contribution in [2.45, 2.75) is 97.1 Å². The van der Waals surface area contributed by atoms with Crippen LogP contribution >= 0.6 is 0 Å². The third kappa shape index (κ3) is 10.8. The average molecular weight is 309 g/mol. The topological polar surface area (TPSA) is 27.1 Å². The van der Waals surface area contributed by atoms with Crippen LogP contribution in [-0.4, -0.2) is 22.3 Å². The van der Waals surface area contributed by atoms with Crippen LogP contribution in [0.15, 0.2) is 18.7 Å². The molecule has 1 unspecified atom stereocenters. The van der Waals surface area contributed by atoms with Crippen molar-refractivity contribution in [3.8, 4) is 0 Å². The predicted octanol–water partition coefficient (Wildman–Crippen LogP) is 5.60. The molecule has 1 rings (SSSR count). The maximum absolute atomic E-state index is 5.87. The lowest BCUT2D eigenvalue weighted by molar-refractivity contribution is 0.0557. The molecule has 3 heteroatoms. The number of hydrogen-bond donors (Lipinski definition) is 0. The fourth-order valence-corrected chi connectivity index (χ4v) is 2.75. The Morgan fingerprint density at radius 1 is 0.955 bits per heavy atom. The highest BCUT2D eigenvalue weighted by molar-refractivity contribution is 4.73. The first-order chi connectivity index (χ1) is 10.8. The molecule has 0 fully saturated rings. The van der Waals surface area contributed by atoms with Crippen LogP contribution in [0.2, 0.25) is 0 Å². The molecule has 0 spiro atoms. The minimum atomic E-state index is 0.447. The Kier molecular flexibility index (Phi) is 12.1. The monoisotopic (exact) mass is 308 g/mol. The summed E-state index contributed by atoms with van der Waals surface area (Å²) in [5.74, 6) is 0. The van der Waals surface area contributed by atoms with E-state index in [-0.39, 0.29) is 0 Å². The van der Waals surface area contributed by atoms with E-state index >= 15 is 0 Å². The van der Waals surface area contributed by atoms with Gasteiger partial charge in [0.2, 0.25) is 0 Å². The second-order valence-electron chi connectivity index (χ2n) is 6.45. The standard InChI is InChI=1S/C19H36N2O/c1-3-4-5-12-17-22-19(2)13-10-8-6-7-9-11-15-21-16-14-20-18-21/h14,16,18-19H,3-13,15,17H2,1-2H3. The van der Waals surface area contributed by atoms with Crippen LogP contribution in [0.4, 0.5) is 0 Å². The molecule has 0 N–H and O–H groups in total. The summed E-state index contributed by atoms with van der Waals surface area (Å²) in [4.78, 5) is 4.06. The van der Waals surface area contributed by atoms with Crippen LogP contribution in [0.3, 0.4) is 0 Å². The van der Waals surface area contributed by atoms with Crippen LogP contribution < -0.4 is 0 Å². The zero-order chi connectivity index (χ0) is 15.9. The number of nitrogens with zero attached hydrogens (tertiary/aromatic N) is 2. The van der Waals surface area contributed by atoms with Gasteiger partial charge in [-0.3, -0.25) is 0 Å². The van der Waals surface area contributed by atoms with Crippen molar-refractivity contribution in [2.75, 3.05) is 6.61 Å². The summed E-state index contributed by atoms with van der Waals surface area (Å²) < 4.78 is 8.03. The van der Waals surface area contributed by atoms with Gasteiger partial charge in [-0.25, -0.2) is 4.98 Å². The Labute approximate surface area is 137 Å². The van der Waals surface area contributed by atoms with E-state index < -0.39 is 0 Å². The van der Waals surface area contributed by atoms with Gasteiger partial charge < -0.3 is 9.30 Å². The zero-order valence-electron chi connectivity index (χ0n) is 14.8. The van der Waals surface area contributed by atoms with Gasteiger partial charge >= 0.3 is 0 Å². The van der Waals surface area contributed by atoms with Crippen LogP contribution in [0, 0.1) is 0 Å². The van der Waals surface area contributed by atoms with Crippen LogP contribution in [0.5, 0.6) is 0 Å². The van der Waals surface area contributed by atoms with Crippen molar-refractivity contribution in [3.05, 3.63) is 18.7 Å². The molecule has 0 aliphatic carbocycles. The smallest absolute Gasteiger partial charge is 0.0945 e. The van der Waals surface area contributed by atoms with Gasteiger partial charge in [0.25, 0.3) is 0 Å². The molecule has 0 bridgehead atoms. The summed E-state index contributed by atoms with van der Waals surface area (Å²) in [5.41, 5.74) is 0. The largest absolute Gasteiger partial charge is 0.379 e. The molecular weight excluding hydrogens is 272 g/mol. The summed E-state index contributed by atoms with van der Waals surface area (Å²) in [5, 5.41) is 0. The second kappa shape index (κ2) is 13.8.